The van der Waals surface area contributed by atoms with Gasteiger partial charge in [-0.1, -0.05) is 166 Å². The lowest BCUT2D eigenvalue weighted by Crippen LogP contribution is -2.51. The lowest BCUT2D eigenvalue weighted by molar-refractivity contribution is -0.154. The van der Waals surface area contributed by atoms with Crippen molar-refractivity contribution in [1.29, 1.82) is 0 Å². The predicted molar refractivity (Wildman–Crippen MR) is 371 cm³/mol. The van der Waals surface area contributed by atoms with Gasteiger partial charge in [0, 0.05) is 62.8 Å². The molecule has 7 rings (SSSR count). The summed E-state index contributed by atoms with van der Waals surface area (Å²) in [5, 5.41) is 23.9. The molecule has 2 aromatic carbocycles. The molecule has 2 aromatic rings. The van der Waals surface area contributed by atoms with Crippen LogP contribution in [0.5, 0.6) is 0 Å². The summed E-state index contributed by atoms with van der Waals surface area (Å²) >= 11 is 0. The number of halogens is 2. The highest BCUT2D eigenvalue weighted by Gasteiger charge is 2.53. The van der Waals surface area contributed by atoms with Crippen molar-refractivity contribution in [3.05, 3.63) is 71.8 Å². The van der Waals surface area contributed by atoms with E-state index in [4.69, 9.17) is 9.47 Å². The van der Waals surface area contributed by atoms with Crippen LogP contribution in [0.15, 0.2) is 60.7 Å². The number of nitrogens with one attached hydrogen (secondary N) is 2. The fourth-order valence-corrected chi connectivity index (χ4v) is 15.4. The largest absolute Gasteiger partial charge is 0.479 e. The number of carboxylic acids is 2. The van der Waals surface area contributed by atoms with Gasteiger partial charge in [0.05, 0.1) is 56.5 Å². The second-order valence-corrected chi connectivity index (χ2v) is 29.6. The first-order valence-electron chi connectivity index (χ1n) is 37.2. The zero-order valence-corrected chi connectivity index (χ0v) is 60.4. The molecule has 24 heteroatoms. The Kier molecular flexibility index (Phi) is 33.2. The maximum absolute atomic E-state index is 14.9. The third-order valence-corrected chi connectivity index (χ3v) is 20.6. The molecule has 2 aliphatic heterocycles. The standard InChI is InChI=1S/C41H58N2O9.C37H50F2N2O9/c1-4-13-30(39(48)34(44)20-21-36(46)42-38(41(50)51)28-16-9-6-10-17-28)23-35(45)33-22-29-18-11-12-19-32(29)43(33)40(49)31(27-14-7-5-8-15-27)24-37(47)52-25-26(2)3;1-4-11-26(34(46)29(42)16-17-31(44)40-33(36(48)49)25-14-9-6-10-15-25)18-30(43)28-20-37(38,39)22-41(28)35(47)27(24-12-7-5-8-13-24)19-32(45)50-21-23(2)3/h6,9-10,16-17,26-27,29-33,38H,4-5,7-8,11-15,18-25H2,1-3H3,(H,42,46)(H,50,51);6,9-10,14-15,23-24,26-28,33H,4-5,7-8,11-13,16-22H2,1-3H3,(H,40,44)(H,48,49)/t29-,30?,31-,32-,33-,38-;26?,27-,28-,33-/m00/s1. The van der Waals surface area contributed by atoms with Crippen LogP contribution in [0.1, 0.15) is 245 Å². The van der Waals surface area contributed by atoms with E-state index < -0.39 is 157 Å². The van der Waals surface area contributed by atoms with E-state index >= 15 is 0 Å². The molecule has 4 amide bonds. The number of nitrogens with zero attached hydrogens (tertiary/aromatic N) is 2. The molecule has 0 spiro atoms. The number of ether oxygens (including phenoxy) is 2. The minimum Gasteiger partial charge on any atom is -0.479 e. The Hall–Kier alpha value is -7.92. The molecule has 4 N–H and O–H groups in total. The Morgan fingerprint density at radius 2 is 0.922 bits per heavy atom. The molecular formula is C78H108F2N4O18. The Morgan fingerprint density at radius 3 is 1.33 bits per heavy atom. The van der Waals surface area contributed by atoms with E-state index in [1.54, 1.807) is 60.4 Å². The van der Waals surface area contributed by atoms with E-state index in [-0.39, 0.29) is 98.6 Å². The molecule has 562 valence electrons. The maximum atomic E-state index is 14.9. The molecule has 10 atom stereocenters. The lowest BCUT2D eigenvalue weighted by Gasteiger charge is -2.38. The number of carbonyl (C=O) groups is 14. The van der Waals surface area contributed by atoms with Crippen molar-refractivity contribution >= 4 is 82.2 Å². The molecule has 2 saturated heterocycles. The van der Waals surface area contributed by atoms with Crippen LogP contribution < -0.4 is 10.6 Å². The number of Topliss-reactive ketones (excluding diaryl/α,β-unsaturated/α-hetero) is 6. The number of rotatable bonds is 38. The number of carboxylic acid groups (broad SMARTS) is 2. The highest BCUT2D eigenvalue weighted by Crippen LogP contribution is 2.45. The van der Waals surface area contributed by atoms with Gasteiger partial charge in [-0.3, -0.25) is 57.5 Å². The van der Waals surface area contributed by atoms with E-state index in [1.165, 1.54) is 12.1 Å². The van der Waals surface area contributed by atoms with Gasteiger partial charge >= 0.3 is 23.9 Å². The van der Waals surface area contributed by atoms with E-state index in [0.29, 0.717) is 49.7 Å². The number of hydrogen-bond acceptors (Lipinski definition) is 16. The molecule has 0 bridgehead atoms. The van der Waals surface area contributed by atoms with Gasteiger partial charge in [-0.2, -0.15) is 0 Å². The van der Waals surface area contributed by atoms with Crippen LogP contribution in [0.3, 0.4) is 0 Å². The summed E-state index contributed by atoms with van der Waals surface area (Å²) < 4.78 is 40.7. The molecule has 0 radical (unpaired) electrons. The quantitative estimate of drug-likeness (QED) is 0.0358. The van der Waals surface area contributed by atoms with E-state index in [2.05, 4.69) is 10.6 Å². The van der Waals surface area contributed by atoms with Crippen molar-refractivity contribution in [3.8, 4) is 0 Å². The Morgan fingerprint density at radius 1 is 0.520 bits per heavy atom. The summed E-state index contributed by atoms with van der Waals surface area (Å²) in [6.45, 7) is 10.7. The summed E-state index contributed by atoms with van der Waals surface area (Å²) in [7, 11) is 0. The van der Waals surface area contributed by atoms with Crippen LogP contribution in [0.4, 0.5) is 8.78 Å². The van der Waals surface area contributed by atoms with E-state index in [9.17, 15) is 86.1 Å². The first-order chi connectivity index (χ1) is 48.5. The summed E-state index contributed by atoms with van der Waals surface area (Å²) in [6, 6.07) is 11.1. The number of alkyl halides is 2. The summed E-state index contributed by atoms with van der Waals surface area (Å²) in [4.78, 5) is 186. The van der Waals surface area contributed by atoms with Gasteiger partial charge < -0.3 is 40.1 Å². The van der Waals surface area contributed by atoms with Crippen LogP contribution in [0, 0.1) is 53.3 Å². The van der Waals surface area contributed by atoms with Gasteiger partial charge in [0.1, 0.15) is 0 Å². The Balaban J connectivity index is 0.000000321. The van der Waals surface area contributed by atoms with E-state index in [0.717, 1.165) is 81.9 Å². The van der Waals surface area contributed by atoms with Crippen LogP contribution in [-0.2, 0) is 76.6 Å². The van der Waals surface area contributed by atoms with Crippen molar-refractivity contribution in [3.63, 3.8) is 0 Å². The molecule has 0 aromatic heterocycles. The molecule has 5 fully saturated rings. The molecule has 2 heterocycles. The predicted octanol–water partition coefficient (Wildman–Crippen LogP) is 11.4. The average molecular weight is 1430 g/mol. The second kappa shape index (κ2) is 40.8. The van der Waals surface area contributed by atoms with Gasteiger partial charge in [-0.25, -0.2) is 18.4 Å². The van der Waals surface area contributed by atoms with Gasteiger partial charge in [0.2, 0.25) is 35.2 Å². The van der Waals surface area contributed by atoms with Crippen molar-refractivity contribution < 1.29 is 95.6 Å². The van der Waals surface area contributed by atoms with Crippen LogP contribution in [0.2, 0.25) is 0 Å². The lowest BCUT2D eigenvalue weighted by atomic mass is 9.77. The highest BCUT2D eigenvalue weighted by molar-refractivity contribution is 6.39. The summed E-state index contributed by atoms with van der Waals surface area (Å²) in [6.07, 6.45) is 10.5. The van der Waals surface area contributed by atoms with Crippen molar-refractivity contribution in [1.82, 2.24) is 20.4 Å². The minimum atomic E-state index is -3.37. The number of hydrogen-bond donors (Lipinski definition) is 4. The van der Waals surface area contributed by atoms with Gasteiger partial charge in [-0.15, -0.1) is 0 Å². The van der Waals surface area contributed by atoms with E-state index in [1.807, 2.05) is 34.6 Å². The summed E-state index contributed by atoms with van der Waals surface area (Å²) in [5.41, 5.74) is 0.695. The van der Waals surface area contributed by atoms with Crippen LogP contribution >= 0.6 is 0 Å². The molecule has 3 saturated carbocycles. The molecule has 22 nitrogen and oxygen atoms in total. The topological polar surface area (TPSA) is 328 Å². The number of fused-ring (bicyclic) bond motifs is 1. The van der Waals surface area contributed by atoms with Crippen molar-refractivity contribution in [2.45, 2.75) is 257 Å². The van der Waals surface area contributed by atoms with Gasteiger partial charge in [0.25, 0.3) is 5.92 Å². The smallest absolute Gasteiger partial charge is 0.330 e. The average Bonchev–Trinajstić information content (AvgIpc) is 1.62. The van der Waals surface area contributed by atoms with Crippen molar-refractivity contribution in [2.24, 2.45) is 53.3 Å². The Bertz CT molecular complexity index is 3220. The summed E-state index contributed by atoms with van der Waals surface area (Å²) in [5.74, 6) is -16.9. The van der Waals surface area contributed by atoms with Gasteiger partial charge in [-0.05, 0) is 98.5 Å². The first kappa shape index (κ1) is 83.0. The number of ketones is 6. The molecule has 3 aliphatic carbocycles. The van der Waals surface area contributed by atoms with Crippen molar-refractivity contribution in [2.75, 3.05) is 19.8 Å². The van der Waals surface area contributed by atoms with Crippen LogP contribution in [0.25, 0.3) is 0 Å². The number of likely N-dealkylation sites (tertiary alicyclic amines) is 2. The maximum Gasteiger partial charge on any atom is 0.330 e. The number of aliphatic carboxylic acids is 2. The molecule has 2 unspecified atom stereocenters. The van der Waals surface area contributed by atoms with Crippen LogP contribution in [-0.4, -0.2) is 146 Å². The molecular weight excluding hydrogens is 1320 g/mol. The monoisotopic (exact) mass is 1430 g/mol. The Labute approximate surface area is 598 Å². The number of carbonyl (C=O) groups excluding carboxylic acids is 12. The minimum absolute atomic E-state index is 0.0113. The zero-order chi connectivity index (χ0) is 74.8. The fraction of sp³-hybridized carbons (Fsp3) is 0.667. The zero-order valence-electron chi connectivity index (χ0n) is 60.4. The number of esters is 2. The number of benzene rings is 2. The molecule has 5 aliphatic rings. The third-order valence-electron chi connectivity index (χ3n) is 20.6. The van der Waals surface area contributed by atoms with Gasteiger partial charge in [0.15, 0.2) is 35.2 Å². The molecule has 102 heavy (non-hydrogen) atoms. The highest BCUT2D eigenvalue weighted by atomic mass is 19.3. The third kappa shape index (κ3) is 24.9. The SMILES string of the molecule is CCCC(CC(=O)[C@@H]1CC(F)(F)CN1C(=O)[C@@H](CC(=O)OCC(C)C)C1CCCCC1)C(=O)C(=O)CCC(=O)N[C@H](C(=O)O)c1ccccc1.CCCC(CC(=O)[C@@H]1C[C@@H]2CCCC[C@@H]2N1C(=O)[C@@H](CC(=O)OCC(C)C)C1CCCCC1)C(=O)C(=O)CCC(=O)N[C@H](C(=O)O)c1ccccc1. The second-order valence-electron chi connectivity index (χ2n) is 29.6. The first-order valence-corrected chi connectivity index (χ1v) is 37.2. The normalized spacial score (nSPS) is 20.8. The number of amides is 4. The fourth-order valence-electron chi connectivity index (χ4n) is 15.4.